The summed E-state index contributed by atoms with van der Waals surface area (Å²) < 4.78 is 6.52. The summed E-state index contributed by atoms with van der Waals surface area (Å²) in [5.41, 5.74) is 1.25. The zero-order chi connectivity index (χ0) is 17.5. The van der Waals surface area contributed by atoms with Gasteiger partial charge in [-0.25, -0.2) is 0 Å². The first-order chi connectivity index (χ1) is 11.5. The van der Waals surface area contributed by atoms with Crippen molar-refractivity contribution in [3.05, 3.63) is 28.2 Å². The topological polar surface area (TPSA) is 41.6 Å². The van der Waals surface area contributed by atoms with E-state index in [0.717, 1.165) is 23.4 Å². The number of hydrogen-bond donors (Lipinski definition) is 1. The number of nitrogens with one attached hydrogen (secondary N) is 1. The van der Waals surface area contributed by atoms with Crippen molar-refractivity contribution in [1.29, 1.82) is 0 Å². The van der Waals surface area contributed by atoms with Crippen molar-refractivity contribution in [2.75, 3.05) is 33.3 Å². The molecule has 0 atom stereocenters. The zero-order valence-electron chi connectivity index (χ0n) is 15.0. The molecule has 1 amide bonds. The fourth-order valence-corrected chi connectivity index (χ4v) is 3.47. The van der Waals surface area contributed by atoms with Crippen LogP contribution in [0.3, 0.4) is 0 Å². The summed E-state index contributed by atoms with van der Waals surface area (Å²) in [6, 6.07) is 6.02. The second-order valence-corrected chi connectivity index (χ2v) is 7.87. The fourth-order valence-electron chi connectivity index (χ4n) is 2.95. The molecule has 1 aromatic rings. The van der Waals surface area contributed by atoms with E-state index in [1.165, 1.54) is 31.5 Å². The second kappa shape index (κ2) is 9.42. The van der Waals surface area contributed by atoms with Gasteiger partial charge in [-0.1, -0.05) is 19.9 Å². The van der Waals surface area contributed by atoms with Crippen molar-refractivity contribution in [1.82, 2.24) is 10.2 Å². The molecule has 1 N–H and O–H groups in total. The van der Waals surface area contributed by atoms with Crippen LogP contribution < -0.4 is 10.1 Å². The third kappa shape index (κ3) is 6.10. The fraction of sp³-hybridized carbons (Fsp3) is 0.632. The first kappa shape index (κ1) is 19.3. The van der Waals surface area contributed by atoms with Crippen LogP contribution in [-0.4, -0.2) is 44.1 Å². The highest BCUT2D eigenvalue weighted by Crippen LogP contribution is 2.28. The van der Waals surface area contributed by atoms with E-state index in [9.17, 15) is 4.79 Å². The van der Waals surface area contributed by atoms with Gasteiger partial charge in [0, 0.05) is 6.54 Å². The number of hydrogen-bond acceptors (Lipinski definition) is 3. The van der Waals surface area contributed by atoms with Gasteiger partial charge in [-0.05, 0) is 84.9 Å². The van der Waals surface area contributed by atoms with Gasteiger partial charge in [-0.2, -0.15) is 0 Å². The smallest absolute Gasteiger partial charge is 0.257 e. The zero-order valence-corrected chi connectivity index (χ0v) is 16.6. The van der Waals surface area contributed by atoms with Crippen LogP contribution in [0.4, 0.5) is 0 Å². The minimum absolute atomic E-state index is 0.0530. The number of carbonyl (C=O) groups excluding carboxylic acids is 1. The lowest BCUT2D eigenvalue weighted by atomic mass is 9.94. The number of benzene rings is 1. The van der Waals surface area contributed by atoms with Crippen LogP contribution in [0.2, 0.25) is 0 Å². The molecule has 134 valence electrons. The van der Waals surface area contributed by atoms with Gasteiger partial charge >= 0.3 is 0 Å². The number of piperidine rings is 1. The van der Waals surface area contributed by atoms with Crippen molar-refractivity contribution in [3.8, 4) is 5.75 Å². The average Bonchev–Trinajstić information content (AvgIpc) is 2.55. The molecule has 24 heavy (non-hydrogen) atoms. The van der Waals surface area contributed by atoms with E-state index < -0.39 is 0 Å². The second-order valence-electron chi connectivity index (χ2n) is 7.02. The van der Waals surface area contributed by atoms with Gasteiger partial charge < -0.3 is 15.0 Å². The molecule has 0 unspecified atom stereocenters. The van der Waals surface area contributed by atoms with E-state index >= 15 is 0 Å². The van der Waals surface area contributed by atoms with Crippen LogP contribution in [0.25, 0.3) is 0 Å². The van der Waals surface area contributed by atoms with Gasteiger partial charge in [-0.15, -0.1) is 0 Å². The largest absolute Gasteiger partial charge is 0.483 e. The van der Waals surface area contributed by atoms with E-state index in [1.54, 1.807) is 0 Å². The predicted octanol–water partition coefficient (Wildman–Crippen LogP) is 3.80. The van der Waals surface area contributed by atoms with E-state index in [-0.39, 0.29) is 12.5 Å². The summed E-state index contributed by atoms with van der Waals surface area (Å²) in [5.74, 6) is 1.87. The Hall–Kier alpha value is -1.07. The summed E-state index contributed by atoms with van der Waals surface area (Å²) in [7, 11) is 2.17. The monoisotopic (exact) mass is 396 g/mol. The summed E-state index contributed by atoms with van der Waals surface area (Å²) >= 11 is 3.51. The molecular weight excluding hydrogens is 368 g/mol. The Kier molecular flexibility index (Phi) is 7.56. The first-order valence-corrected chi connectivity index (χ1v) is 9.62. The molecule has 1 heterocycles. The highest BCUT2D eigenvalue weighted by atomic mass is 79.9. The standard InChI is InChI=1S/C19H29BrN2O2/c1-14(2)16-4-5-18(17(20)12-16)24-13-19(23)21-9-6-15-7-10-22(3)11-8-15/h4-5,12,14-15H,6-11,13H2,1-3H3,(H,21,23). The van der Waals surface area contributed by atoms with Gasteiger partial charge in [0.05, 0.1) is 4.47 Å². The Labute approximate surface area is 154 Å². The molecule has 0 aliphatic carbocycles. The molecule has 0 bridgehead atoms. The van der Waals surface area contributed by atoms with Crippen LogP contribution in [0.15, 0.2) is 22.7 Å². The lowest BCUT2D eigenvalue weighted by molar-refractivity contribution is -0.123. The Morgan fingerprint density at radius 3 is 2.71 bits per heavy atom. The molecule has 0 radical (unpaired) electrons. The minimum atomic E-state index is -0.0530. The molecule has 2 rings (SSSR count). The Bertz CT molecular complexity index is 540. The molecule has 0 saturated carbocycles. The minimum Gasteiger partial charge on any atom is -0.483 e. The Morgan fingerprint density at radius 1 is 1.38 bits per heavy atom. The quantitative estimate of drug-likeness (QED) is 0.761. The Balaban J connectivity index is 1.68. The normalized spacial score (nSPS) is 16.4. The van der Waals surface area contributed by atoms with Gasteiger partial charge in [-0.3, -0.25) is 4.79 Å². The number of carbonyl (C=O) groups is 1. The van der Waals surface area contributed by atoms with E-state index in [4.69, 9.17) is 4.74 Å². The number of likely N-dealkylation sites (tertiary alicyclic amines) is 1. The average molecular weight is 397 g/mol. The maximum Gasteiger partial charge on any atom is 0.257 e. The molecule has 5 heteroatoms. The third-order valence-corrected chi connectivity index (χ3v) is 5.31. The third-order valence-electron chi connectivity index (χ3n) is 4.69. The Morgan fingerprint density at radius 2 is 2.08 bits per heavy atom. The number of halogens is 1. The summed E-state index contributed by atoms with van der Waals surface area (Å²) in [4.78, 5) is 14.3. The number of rotatable bonds is 7. The summed E-state index contributed by atoms with van der Waals surface area (Å²) in [6.45, 7) is 7.45. The van der Waals surface area contributed by atoms with Crippen LogP contribution in [-0.2, 0) is 4.79 Å². The maximum absolute atomic E-state index is 11.9. The van der Waals surface area contributed by atoms with Crippen molar-refractivity contribution in [2.24, 2.45) is 5.92 Å². The maximum atomic E-state index is 11.9. The number of ether oxygens (including phenoxy) is 1. The van der Waals surface area contributed by atoms with E-state index in [2.05, 4.69) is 53.1 Å². The van der Waals surface area contributed by atoms with Crippen LogP contribution in [0.5, 0.6) is 5.75 Å². The highest BCUT2D eigenvalue weighted by Gasteiger charge is 2.16. The molecule has 1 saturated heterocycles. The van der Waals surface area contributed by atoms with Crippen molar-refractivity contribution in [2.45, 2.75) is 39.0 Å². The first-order valence-electron chi connectivity index (χ1n) is 8.83. The molecule has 1 aliphatic heterocycles. The molecule has 0 aromatic heterocycles. The number of amides is 1. The lowest BCUT2D eigenvalue weighted by Gasteiger charge is -2.28. The summed E-state index contributed by atoms with van der Waals surface area (Å²) in [6.07, 6.45) is 3.53. The number of nitrogens with zero attached hydrogens (tertiary/aromatic N) is 1. The van der Waals surface area contributed by atoms with Crippen LogP contribution >= 0.6 is 15.9 Å². The van der Waals surface area contributed by atoms with Crippen LogP contribution in [0.1, 0.15) is 44.6 Å². The van der Waals surface area contributed by atoms with Crippen LogP contribution in [0, 0.1) is 5.92 Å². The molecule has 1 aliphatic rings. The highest BCUT2D eigenvalue weighted by molar-refractivity contribution is 9.10. The SMILES string of the molecule is CC(C)c1ccc(OCC(=O)NCCC2CCN(C)CC2)c(Br)c1. The van der Waals surface area contributed by atoms with Gasteiger partial charge in [0.15, 0.2) is 6.61 Å². The van der Waals surface area contributed by atoms with Gasteiger partial charge in [0.25, 0.3) is 5.91 Å². The lowest BCUT2D eigenvalue weighted by Crippen LogP contribution is -2.34. The van der Waals surface area contributed by atoms with E-state index in [1.807, 2.05) is 12.1 Å². The van der Waals surface area contributed by atoms with Crippen molar-refractivity contribution < 1.29 is 9.53 Å². The van der Waals surface area contributed by atoms with Gasteiger partial charge in [0.2, 0.25) is 0 Å². The molecule has 0 spiro atoms. The molecular formula is C19H29BrN2O2. The van der Waals surface area contributed by atoms with Crippen molar-refractivity contribution in [3.63, 3.8) is 0 Å². The van der Waals surface area contributed by atoms with Crippen molar-refractivity contribution >= 4 is 21.8 Å². The summed E-state index contributed by atoms with van der Waals surface area (Å²) in [5, 5.41) is 2.97. The van der Waals surface area contributed by atoms with E-state index in [0.29, 0.717) is 11.7 Å². The molecule has 4 nitrogen and oxygen atoms in total. The van der Waals surface area contributed by atoms with Gasteiger partial charge in [0.1, 0.15) is 5.75 Å². The predicted molar refractivity (Wildman–Crippen MR) is 102 cm³/mol. The molecule has 1 aromatic carbocycles. The molecule has 1 fully saturated rings.